The van der Waals surface area contributed by atoms with Crippen molar-refractivity contribution in [1.82, 2.24) is 0 Å². The summed E-state index contributed by atoms with van der Waals surface area (Å²) in [5.41, 5.74) is 2.59. The van der Waals surface area contributed by atoms with Gasteiger partial charge >= 0.3 is 0 Å². The van der Waals surface area contributed by atoms with Crippen LogP contribution >= 0.6 is 11.8 Å². The second-order valence-electron chi connectivity index (χ2n) is 8.46. The van der Waals surface area contributed by atoms with Gasteiger partial charge in [0.15, 0.2) is 0 Å². The highest BCUT2D eigenvalue weighted by Crippen LogP contribution is 2.40. The van der Waals surface area contributed by atoms with Crippen LogP contribution < -0.4 is 0 Å². The van der Waals surface area contributed by atoms with Crippen LogP contribution in [0, 0.1) is 0 Å². The van der Waals surface area contributed by atoms with Crippen molar-refractivity contribution in [3.63, 3.8) is 0 Å². The number of methoxy groups -OCH3 is 1. The Morgan fingerprint density at radius 1 is 1.11 bits per heavy atom. The summed E-state index contributed by atoms with van der Waals surface area (Å²) in [6.07, 6.45) is 3.14. The Bertz CT molecular complexity index is 748. The minimum atomic E-state index is -0.231. The number of hydrogen-bond donors (Lipinski definition) is 0. The highest BCUT2D eigenvalue weighted by molar-refractivity contribution is 7.99. The van der Waals surface area contributed by atoms with Crippen molar-refractivity contribution in [2.24, 2.45) is 0 Å². The molecule has 0 saturated carbocycles. The van der Waals surface area contributed by atoms with Crippen molar-refractivity contribution < 1.29 is 9.47 Å². The van der Waals surface area contributed by atoms with Crippen molar-refractivity contribution in [3.8, 4) is 0 Å². The van der Waals surface area contributed by atoms with Crippen LogP contribution in [0.1, 0.15) is 58.1 Å². The lowest BCUT2D eigenvalue weighted by Gasteiger charge is -2.40. The first-order valence-electron chi connectivity index (χ1n) is 9.92. The summed E-state index contributed by atoms with van der Waals surface area (Å²) in [6.45, 7) is 9.70. The number of benzene rings is 2. The molecule has 0 bridgehead atoms. The zero-order valence-electron chi connectivity index (χ0n) is 17.2. The van der Waals surface area contributed by atoms with Gasteiger partial charge in [0, 0.05) is 29.7 Å². The third-order valence-electron chi connectivity index (χ3n) is 5.58. The Hall–Kier alpha value is -1.29. The van der Waals surface area contributed by atoms with E-state index in [0.29, 0.717) is 0 Å². The van der Waals surface area contributed by atoms with Crippen molar-refractivity contribution in [1.29, 1.82) is 0 Å². The average molecular weight is 385 g/mol. The van der Waals surface area contributed by atoms with E-state index in [-0.39, 0.29) is 17.1 Å². The Morgan fingerprint density at radius 3 is 2.48 bits per heavy atom. The van der Waals surface area contributed by atoms with E-state index >= 15 is 0 Å². The van der Waals surface area contributed by atoms with Gasteiger partial charge < -0.3 is 9.47 Å². The van der Waals surface area contributed by atoms with Crippen molar-refractivity contribution in [2.75, 3.05) is 13.7 Å². The first-order valence-corrected chi connectivity index (χ1v) is 10.7. The van der Waals surface area contributed by atoms with Crippen LogP contribution in [0.25, 0.3) is 0 Å². The average Bonchev–Trinajstić information content (AvgIpc) is 2.68. The van der Waals surface area contributed by atoms with E-state index in [1.807, 2.05) is 18.9 Å². The summed E-state index contributed by atoms with van der Waals surface area (Å²) in [6, 6.07) is 17.8. The minimum Gasteiger partial charge on any atom is -0.378 e. The SMILES string of the molecule is CCC1CC(OC)(c2cccc(Sc3ccc(C(C)(C)C)cc3)c2)CCO1. The van der Waals surface area contributed by atoms with Gasteiger partial charge in [-0.2, -0.15) is 0 Å². The molecule has 0 aliphatic carbocycles. The maximum Gasteiger partial charge on any atom is 0.0974 e. The molecule has 3 heteroatoms. The van der Waals surface area contributed by atoms with Gasteiger partial charge in [0.2, 0.25) is 0 Å². The first kappa shape index (κ1) is 20.4. The summed E-state index contributed by atoms with van der Waals surface area (Å²) in [5.74, 6) is 0. The summed E-state index contributed by atoms with van der Waals surface area (Å²) in [7, 11) is 1.84. The lowest BCUT2D eigenvalue weighted by Crippen LogP contribution is -2.40. The molecule has 0 radical (unpaired) electrons. The fourth-order valence-corrected chi connectivity index (χ4v) is 4.63. The van der Waals surface area contributed by atoms with Gasteiger partial charge in [0.25, 0.3) is 0 Å². The van der Waals surface area contributed by atoms with Gasteiger partial charge in [-0.1, -0.05) is 63.7 Å². The van der Waals surface area contributed by atoms with Crippen LogP contribution in [-0.4, -0.2) is 19.8 Å². The third-order valence-corrected chi connectivity index (χ3v) is 6.58. The fraction of sp³-hybridized carbons (Fsp3) is 0.500. The maximum atomic E-state index is 6.07. The predicted octanol–water partition coefficient (Wildman–Crippen LogP) is 6.57. The number of hydrogen-bond acceptors (Lipinski definition) is 3. The monoisotopic (exact) mass is 384 g/mol. The van der Waals surface area contributed by atoms with E-state index in [0.717, 1.165) is 25.9 Å². The van der Waals surface area contributed by atoms with Crippen LogP contribution in [0.5, 0.6) is 0 Å². The molecule has 1 heterocycles. The van der Waals surface area contributed by atoms with E-state index in [1.165, 1.54) is 20.9 Å². The van der Waals surface area contributed by atoms with E-state index in [1.54, 1.807) is 0 Å². The van der Waals surface area contributed by atoms with Crippen molar-refractivity contribution >= 4 is 11.8 Å². The van der Waals surface area contributed by atoms with Crippen molar-refractivity contribution in [2.45, 2.75) is 73.9 Å². The standard InChI is InChI=1S/C24H32O2S/c1-6-20-17-24(25-5,14-15-26-20)19-8-7-9-22(16-19)27-21-12-10-18(11-13-21)23(2,3)4/h7-13,16,20H,6,14-15,17H2,1-5H3. The summed E-state index contributed by atoms with van der Waals surface area (Å²) < 4.78 is 12.0. The molecular weight excluding hydrogens is 352 g/mol. The Labute approximate surface area is 168 Å². The lowest BCUT2D eigenvalue weighted by molar-refractivity contribution is -0.128. The van der Waals surface area contributed by atoms with Crippen LogP contribution in [0.4, 0.5) is 0 Å². The Morgan fingerprint density at radius 2 is 1.85 bits per heavy atom. The molecule has 27 heavy (non-hydrogen) atoms. The molecule has 0 N–H and O–H groups in total. The van der Waals surface area contributed by atoms with E-state index in [2.05, 4.69) is 76.2 Å². The largest absolute Gasteiger partial charge is 0.378 e. The second-order valence-corrected chi connectivity index (χ2v) is 9.60. The van der Waals surface area contributed by atoms with Crippen LogP contribution in [0.15, 0.2) is 58.3 Å². The quantitative estimate of drug-likeness (QED) is 0.581. The molecule has 1 saturated heterocycles. The van der Waals surface area contributed by atoms with E-state index in [9.17, 15) is 0 Å². The Balaban J connectivity index is 1.81. The molecule has 2 nitrogen and oxygen atoms in total. The smallest absolute Gasteiger partial charge is 0.0974 e. The van der Waals surface area contributed by atoms with Gasteiger partial charge in [-0.3, -0.25) is 0 Å². The molecule has 0 spiro atoms. The third kappa shape index (κ3) is 4.77. The number of ether oxygens (including phenoxy) is 2. The van der Waals surface area contributed by atoms with Gasteiger partial charge in [0.05, 0.1) is 18.3 Å². The van der Waals surface area contributed by atoms with Gasteiger partial charge in [-0.25, -0.2) is 0 Å². The van der Waals surface area contributed by atoms with Gasteiger partial charge in [-0.05, 0) is 47.2 Å². The van der Waals surface area contributed by atoms with E-state index < -0.39 is 0 Å². The molecule has 0 amide bonds. The molecule has 2 unspecified atom stereocenters. The molecule has 3 rings (SSSR count). The molecular formula is C24H32O2S. The van der Waals surface area contributed by atoms with Crippen LogP contribution in [-0.2, 0) is 20.5 Å². The van der Waals surface area contributed by atoms with Crippen LogP contribution in [0.2, 0.25) is 0 Å². The summed E-state index contributed by atoms with van der Waals surface area (Å²) in [4.78, 5) is 2.53. The minimum absolute atomic E-state index is 0.187. The summed E-state index contributed by atoms with van der Waals surface area (Å²) >= 11 is 1.81. The molecule has 1 fully saturated rings. The topological polar surface area (TPSA) is 18.5 Å². The molecule has 146 valence electrons. The fourth-order valence-electron chi connectivity index (χ4n) is 3.75. The number of rotatable bonds is 5. The van der Waals surface area contributed by atoms with Crippen LogP contribution in [0.3, 0.4) is 0 Å². The highest BCUT2D eigenvalue weighted by Gasteiger charge is 2.38. The molecule has 1 aliphatic heterocycles. The molecule has 0 aromatic heterocycles. The predicted molar refractivity (Wildman–Crippen MR) is 114 cm³/mol. The molecule has 2 aromatic rings. The van der Waals surface area contributed by atoms with Crippen molar-refractivity contribution in [3.05, 3.63) is 59.7 Å². The molecule has 1 aliphatic rings. The van der Waals surface area contributed by atoms with E-state index in [4.69, 9.17) is 9.47 Å². The van der Waals surface area contributed by atoms with Gasteiger partial charge in [-0.15, -0.1) is 0 Å². The Kier molecular flexibility index (Phi) is 6.35. The molecule has 2 aromatic carbocycles. The zero-order valence-corrected chi connectivity index (χ0v) is 18.1. The normalized spacial score (nSPS) is 23.4. The zero-order chi connectivity index (χ0) is 19.5. The second kappa shape index (κ2) is 8.38. The van der Waals surface area contributed by atoms with Gasteiger partial charge in [0.1, 0.15) is 0 Å². The highest BCUT2D eigenvalue weighted by atomic mass is 32.2. The maximum absolute atomic E-state index is 6.07. The summed E-state index contributed by atoms with van der Waals surface area (Å²) in [5, 5.41) is 0. The lowest BCUT2D eigenvalue weighted by atomic mass is 9.83. The first-order chi connectivity index (χ1) is 12.9. The molecule has 2 atom stereocenters.